The summed E-state index contributed by atoms with van der Waals surface area (Å²) in [6, 6.07) is 8.46. The molecule has 2 heterocycles. The molecule has 2 aromatic carbocycles. The zero-order valence-electron chi connectivity index (χ0n) is 16.7. The molecule has 12 heteroatoms. The summed E-state index contributed by atoms with van der Waals surface area (Å²) < 4.78 is 36.2. The minimum absolute atomic E-state index is 0.0538. The summed E-state index contributed by atoms with van der Waals surface area (Å²) in [7, 11) is 0. The number of anilines is 1. The van der Waals surface area contributed by atoms with Gasteiger partial charge in [0.05, 0.1) is 17.4 Å². The van der Waals surface area contributed by atoms with Gasteiger partial charge in [-0.25, -0.2) is 9.78 Å². The van der Waals surface area contributed by atoms with E-state index in [4.69, 9.17) is 11.6 Å². The molecule has 9 nitrogen and oxygen atoms in total. The van der Waals surface area contributed by atoms with Gasteiger partial charge in [0.25, 0.3) is 5.91 Å². The number of carbonyl (C=O) groups is 1. The predicted octanol–water partition coefficient (Wildman–Crippen LogP) is 4.38. The predicted molar refractivity (Wildman–Crippen MR) is 112 cm³/mol. The number of alkyl halides is 3. The van der Waals surface area contributed by atoms with E-state index in [0.29, 0.717) is 22.3 Å². The van der Waals surface area contributed by atoms with Gasteiger partial charge in [-0.05, 0) is 50.2 Å². The van der Waals surface area contributed by atoms with E-state index < -0.39 is 17.2 Å². The van der Waals surface area contributed by atoms with Crippen LogP contribution in [0.25, 0.3) is 22.4 Å². The summed E-state index contributed by atoms with van der Waals surface area (Å²) in [5, 5.41) is 6.40. The van der Waals surface area contributed by atoms with Gasteiger partial charge in [-0.2, -0.15) is 0 Å². The van der Waals surface area contributed by atoms with Gasteiger partial charge in [-0.3, -0.25) is 14.3 Å². The average molecular weight is 464 g/mol. The number of rotatable bonds is 6. The zero-order chi connectivity index (χ0) is 23.0. The summed E-state index contributed by atoms with van der Waals surface area (Å²) in [5.41, 5.74) is -1.62. The molecule has 2 aromatic heterocycles. The van der Waals surface area contributed by atoms with E-state index in [0.717, 1.165) is 0 Å². The lowest BCUT2D eigenvalue weighted by Gasteiger charge is -2.13. The molecule has 0 radical (unpaired) electrons. The number of aromatic nitrogens is 4. The van der Waals surface area contributed by atoms with E-state index in [-0.39, 0.29) is 23.2 Å². The van der Waals surface area contributed by atoms with Gasteiger partial charge in [0, 0.05) is 34.5 Å². The van der Waals surface area contributed by atoms with Gasteiger partial charge in [0.2, 0.25) is 0 Å². The second-order valence-corrected chi connectivity index (χ2v) is 7.55. The first-order chi connectivity index (χ1) is 15.1. The number of amides is 1. The monoisotopic (exact) mass is 463 g/mol. The number of halogens is 3. The number of hydrogen-bond acceptors (Lipinski definition) is 6. The Morgan fingerprint density at radius 2 is 2.00 bits per heavy atom. The molecule has 0 aliphatic heterocycles. The Hall–Kier alpha value is -3.73. The van der Waals surface area contributed by atoms with E-state index in [1.54, 1.807) is 18.5 Å². The third-order valence-electron chi connectivity index (χ3n) is 4.53. The van der Waals surface area contributed by atoms with E-state index in [1.807, 2.05) is 18.4 Å². The van der Waals surface area contributed by atoms with E-state index in [2.05, 4.69) is 29.7 Å². The van der Waals surface area contributed by atoms with E-state index in [9.17, 15) is 18.4 Å². The van der Waals surface area contributed by atoms with Crippen LogP contribution in [-0.4, -0.2) is 31.2 Å². The van der Waals surface area contributed by atoms with Crippen molar-refractivity contribution in [1.29, 1.82) is 0 Å². The molecule has 0 bridgehead atoms. The van der Waals surface area contributed by atoms with Crippen LogP contribution < -0.4 is 15.8 Å². The zero-order valence-corrected chi connectivity index (χ0v) is 17.5. The van der Waals surface area contributed by atoms with Crippen LogP contribution >= 0.6 is 11.6 Å². The van der Waals surface area contributed by atoms with Crippen molar-refractivity contribution in [3.63, 3.8) is 0 Å². The number of hydrogen-bond donors (Lipinski definition) is 2. The van der Waals surface area contributed by atoms with Gasteiger partial charge >= 0.3 is 11.3 Å². The Balaban J connectivity index is 1.68. The quantitative estimate of drug-likeness (QED) is 0.410. The molecule has 0 saturated heterocycles. The number of fused-ring (bicyclic) bond motifs is 1. The van der Waals surface area contributed by atoms with Gasteiger partial charge in [0.15, 0.2) is 5.82 Å². The van der Waals surface area contributed by atoms with Crippen molar-refractivity contribution in [2.45, 2.75) is 25.5 Å². The van der Waals surface area contributed by atoms with Crippen LogP contribution in [0.3, 0.4) is 0 Å². The minimum Gasteiger partial charge on any atom is -0.420 e. The highest BCUT2D eigenvalue weighted by molar-refractivity contribution is 6.20. The minimum atomic E-state index is -3.84. The van der Waals surface area contributed by atoms with Crippen molar-refractivity contribution in [1.82, 2.24) is 19.7 Å². The molecule has 4 rings (SSSR count). The first kappa shape index (κ1) is 21.5. The van der Waals surface area contributed by atoms with Gasteiger partial charge in [-0.15, -0.1) is 8.78 Å². The molecular weight excluding hydrogens is 448 g/mol. The van der Waals surface area contributed by atoms with Crippen LogP contribution in [0.5, 0.6) is 5.75 Å². The van der Waals surface area contributed by atoms with Gasteiger partial charge < -0.3 is 14.6 Å². The summed E-state index contributed by atoms with van der Waals surface area (Å²) in [6.45, 7) is 3.93. The summed E-state index contributed by atoms with van der Waals surface area (Å²) in [6.07, 6.45) is 1.63. The van der Waals surface area contributed by atoms with Crippen molar-refractivity contribution in [2.24, 2.45) is 0 Å². The van der Waals surface area contributed by atoms with Crippen molar-refractivity contribution < 1.29 is 22.8 Å². The van der Waals surface area contributed by atoms with Gasteiger partial charge in [0.1, 0.15) is 5.75 Å². The van der Waals surface area contributed by atoms with Crippen molar-refractivity contribution in [3.05, 3.63) is 58.8 Å². The molecule has 2 N–H and O–H groups in total. The second kappa shape index (κ2) is 8.08. The van der Waals surface area contributed by atoms with Gasteiger partial charge in [-0.1, -0.05) is 5.16 Å². The van der Waals surface area contributed by atoms with Crippen LogP contribution in [0.1, 0.15) is 30.2 Å². The van der Waals surface area contributed by atoms with Crippen LogP contribution in [0.2, 0.25) is 0 Å². The van der Waals surface area contributed by atoms with E-state index >= 15 is 0 Å². The molecule has 1 amide bonds. The molecule has 0 aliphatic carbocycles. The Labute approximate surface area is 183 Å². The standard InChI is InChI=1S/C20H16ClF2N5O4/c1-10(2)28-9-24-15-8-11(7-14(16(15)28)17-26-19(30)32-27-17)18(29)25-12-3-5-13(6-4-12)31-20(21,22)23/h3-10H,1-2H3,(H,25,29)(H,26,27,30). The fraction of sp³-hybridized carbons (Fsp3) is 0.200. The maximum absolute atomic E-state index is 12.9. The van der Waals surface area contributed by atoms with Crippen LogP contribution in [0.15, 0.2) is 52.0 Å². The Morgan fingerprint density at radius 3 is 2.59 bits per heavy atom. The molecular formula is C20H16ClF2N5O4. The van der Waals surface area contributed by atoms with E-state index in [1.165, 1.54) is 24.3 Å². The lowest BCUT2D eigenvalue weighted by molar-refractivity contribution is -0.0964. The Kier molecular flexibility index (Phi) is 5.43. The second-order valence-electron chi connectivity index (χ2n) is 7.11. The summed E-state index contributed by atoms with van der Waals surface area (Å²) >= 11 is 4.74. The molecule has 0 fully saturated rings. The normalized spacial score (nSPS) is 11.8. The molecule has 0 saturated carbocycles. The number of imidazole rings is 1. The lowest BCUT2D eigenvalue weighted by atomic mass is 10.1. The first-order valence-electron chi connectivity index (χ1n) is 9.35. The number of aromatic amines is 1. The van der Waals surface area contributed by atoms with Crippen LogP contribution in [-0.2, 0) is 0 Å². The number of nitrogens with zero attached hydrogens (tertiary/aromatic N) is 3. The third kappa shape index (κ3) is 4.47. The number of H-pyrrole nitrogens is 1. The Bertz CT molecular complexity index is 1340. The number of carbonyl (C=O) groups excluding carboxylic acids is 1. The molecule has 4 aromatic rings. The highest BCUT2D eigenvalue weighted by Crippen LogP contribution is 2.30. The van der Waals surface area contributed by atoms with Crippen molar-refractivity contribution >= 4 is 34.2 Å². The molecule has 166 valence electrons. The molecule has 0 unspecified atom stereocenters. The largest absolute Gasteiger partial charge is 0.487 e. The summed E-state index contributed by atoms with van der Waals surface area (Å²) in [4.78, 5) is 31.2. The number of nitrogens with one attached hydrogen (secondary N) is 2. The van der Waals surface area contributed by atoms with Crippen LogP contribution in [0, 0.1) is 0 Å². The summed E-state index contributed by atoms with van der Waals surface area (Å²) in [5.74, 6) is -1.24. The molecule has 0 aliphatic rings. The highest BCUT2D eigenvalue weighted by Gasteiger charge is 2.27. The fourth-order valence-electron chi connectivity index (χ4n) is 3.16. The fourth-order valence-corrected chi connectivity index (χ4v) is 3.25. The molecule has 0 atom stereocenters. The Morgan fingerprint density at radius 1 is 1.28 bits per heavy atom. The lowest BCUT2D eigenvalue weighted by Crippen LogP contribution is -2.16. The topological polar surface area (TPSA) is 115 Å². The molecule has 0 spiro atoms. The SMILES string of the molecule is CC(C)n1cnc2cc(C(=O)Nc3ccc(OC(F)(F)Cl)cc3)cc(-c3noc(=O)[nH]3)c21. The average Bonchev–Trinajstić information content (AvgIpc) is 3.34. The maximum atomic E-state index is 12.9. The maximum Gasteiger partial charge on any atom is 0.487 e. The smallest absolute Gasteiger partial charge is 0.420 e. The number of ether oxygens (including phenoxy) is 1. The third-order valence-corrected chi connectivity index (χ3v) is 4.61. The first-order valence-corrected chi connectivity index (χ1v) is 9.72. The highest BCUT2D eigenvalue weighted by atomic mass is 35.5. The van der Waals surface area contributed by atoms with Crippen molar-refractivity contribution in [2.75, 3.05) is 5.32 Å². The van der Waals surface area contributed by atoms with Crippen LogP contribution in [0.4, 0.5) is 14.5 Å². The molecule has 32 heavy (non-hydrogen) atoms. The van der Waals surface area contributed by atoms with Crippen molar-refractivity contribution in [3.8, 4) is 17.1 Å². The number of benzene rings is 2.